The van der Waals surface area contributed by atoms with Crippen LogP contribution in [0.2, 0.25) is 0 Å². The minimum Gasteiger partial charge on any atom is -0.308 e. The molecule has 11 rings (SSSR count). The van der Waals surface area contributed by atoms with Gasteiger partial charge in [-0.15, -0.1) is 11.3 Å². The van der Waals surface area contributed by atoms with Crippen LogP contribution in [-0.2, 0) is 0 Å². The van der Waals surface area contributed by atoms with Crippen LogP contribution in [0.5, 0.6) is 0 Å². The van der Waals surface area contributed by atoms with Crippen LogP contribution in [0.1, 0.15) is 0 Å². The highest BCUT2D eigenvalue weighted by Crippen LogP contribution is 2.48. The molecule has 7 aromatic carbocycles. The fourth-order valence-corrected chi connectivity index (χ4v) is 9.16. The van der Waals surface area contributed by atoms with Gasteiger partial charge in [0.1, 0.15) is 0 Å². The van der Waals surface area contributed by atoms with Crippen molar-refractivity contribution in [2.24, 2.45) is 0 Å². The maximum absolute atomic E-state index is 5.09. The number of hydrogen-bond acceptors (Lipinski definition) is 5. The molecule has 0 saturated carbocycles. The first-order chi connectivity index (χ1) is 26.8. The second-order valence-corrected chi connectivity index (χ2v) is 14.5. The number of benzene rings is 7. The summed E-state index contributed by atoms with van der Waals surface area (Å²) in [5, 5.41) is 7.26. The average molecular weight is 708 g/mol. The zero-order valence-electron chi connectivity index (χ0n) is 28.9. The van der Waals surface area contributed by atoms with Gasteiger partial charge in [-0.1, -0.05) is 121 Å². The molecule has 0 atom stereocenters. The van der Waals surface area contributed by atoms with E-state index in [1.165, 1.54) is 47.2 Å². The van der Waals surface area contributed by atoms with Gasteiger partial charge in [-0.05, 0) is 53.2 Å². The van der Waals surface area contributed by atoms with Crippen molar-refractivity contribution >= 4 is 64.1 Å². The van der Waals surface area contributed by atoms with Gasteiger partial charge in [0, 0.05) is 66.6 Å². The second kappa shape index (κ2) is 12.3. The number of aromatic nitrogens is 5. The zero-order valence-corrected chi connectivity index (χ0v) is 29.7. The van der Waals surface area contributed by atoms with Crippen molar-refractivity contribution in [3.05, 3.63) is 176 Å². The fourth-order valence-electron chi connectivity index (χ4n) is 7.88. The van der Waals surface area contributed by atoms with Crippen LogP contribution < -0.4 is 0 Å². The van der Waals surface area contributed by atoms with E-state index in [1.807, 2.05) is 66.2 Å². The standard InChI is InChI=1S/C48H29N5S/c1-3-13-31(14-4-1)39-29-40(52-47(51-39)33-15-5-2-6-16-33)32-20-23-34(24-21-32)53-41-19-10-9-18-36(41)37-28-38(48-49-26-11-27-50-48)44-43-35-17-8-7-12-30(35)22-25-42(43)54-46(44)45(37)53/h1-29H. The van der Waals surface area contributed by atoms with E-state index in [1.54, 1.807) is 0 Å². The molecule has 0 aliphatic heterocycles. The number of para-hydroxylation sites is 1. The van der Waals surface area contributed by atoms with E-state index in [0.29, 0.717) is 5.82 Å². The number of hydrogen-bond donors (Lipinski definition) is 0. The topological polar surface area (TPSA) is 56.5 Å². The molecule has 0 aliphatic carbocycles. The summed E-state index contributed by atoms with van der Waals surface area (Å²) >= 11 is 1.84. The second-order valence-electron chi connectivity index (χ2n) is 13.5. The molecule has 6 heteroatoms. The molecule has 0 N–H and O–H groups in total. The van der Waals surface area contributed by atoms with Crippen molar-refractivity contribution in [1.29, 1.82) is 0 Å². The highest BCUT2D eigenvalue weighted by atomic mass is 32.1. The summed E-state index contributed by atoms with van der Waals surface area (Å²) < 4.78 is 4.89. The third-order valence-corrected chi connectivity index (χ3v) is 11.5. The summed E-state index contributed by atoms with van der Waals surface area (Å²) in [4.78, 5) is 19.7. The molecule has 0 amide bonds. The van der Waals surface area contributed by atoms with E-state index in [4.69, 9.17) is 19.9 Å². The van der Waals surface area contributed by atoms with Crippen LogP contribution in [-0.4, -0.2) is 24.5 Å². The molecule has 0 bridgehead atoms. The lowest BCUT2D eigenvalue weighted by Crippen LogP contribution is -1.97. The van der Waals surface area contributed by atoms with Gasteiger partial charge in [-0.25, -0.2) is 19.9 Å². The van der Waals surface area contributed by atoms with Crippen molar-refractivity contribution in [3.8, 4) is 51.0 Å². The minimum absolute atomic E-state index is 0.705. The van der Waals surface area contributed by atoms with E-state index in [2.05, 4.69) is 126 Å². The molecule has 0 radical (unpaired) electrons. The van der Waals surface area contributed by atoms with Crippen molar-refractivity contribution in [3.63, 3.8) is 0 Å². The molecule has 0 spiro atoms. The molecule has 0 saturated heterocycles. The van der Waals surface area contributed by atoms with Gasteiger partial charge in [-0.2, -0.15) is 0 Å². The van der Waals surface area contributed by atoms with Gasteiger partial charge < -0.3 is 4.57 Å². The van der Waals surface area contributed by atoms with Crippen molar-refractivity contribution in [1.82, 2.24) is 24.5 Å². The first-order valence-corrected chi connectivity index (χ1v) is 18.8. The third-order valence-electron chi connectivity index (χ3n) is 10.3. The summed E-state index contributed by atoms with van der Waals surface area (Å²) in [6.45, 7) is 0. The molecule has 54 heavy (non-hydrogen) atoms. The van der Waals surface area contributed by atoms with Gasteiger partial charge in [0.15, 0.2) is 11.6 Å². The van der Waals surface area contributed by atoms with Gasteiger partial charge in [-0.3, -0.25) is 0 Å². The molecule has 0 aliphatic rings. The molecule has 11 aromatic rings. The van der Waals surface area contributed by atoms with E-state index < -0.39 is 0 Å². The van der Waals surface area contributed by atoms with Crippen LogP contribution in [0.25, 0.3) is 104 Å². The molecule has 252 valence electrons. The van der Waals surface area contributed by atoms with Crippen LogP contribution in [0.3, 0.4) is 0 Å². The lowest BCUT2D eigenvalue weighted by molar-refractivity contribution is 1.17. The first kappa shape index (κ1) is 30.6. The monoisotopic (exact) mass is 707 g/mol. The number of rotatable bonds is 5. The number of fused-ring (bicyclic) bond motifs is 9. The van der Waals surface area contributed by atoms with E-state index >= 15 is 0 Å². The third kappa shape index (κ3) is 4.85. The van der Waals surface area contributed by atoms with Gasteiger partial charge >= 0.3 is 0 Å². The molecular formula is C48H29N5S. The maximum atomic E-state index is 5.09. The zero-order chi connectivity index (χ0) is 35.6. The number of thiophene rings is 1. The normalized spacial score (nSPS) is 11.7. The molecular weight excluding hydrogens is 679 g/mol. The van der Waals surface area contributed by atoms with E-state index in [0.717, 1.165) is 50.7 Å². The van der Waals surface area contributed by atoms with Crippen LogP contribution in [0, 0.1) is 0 Å². The molecule has 4 heterocycles. The Kier molecular flexibility index (Phi) is 6.97. The average Bonchev–Trinajstić information content (AvgIpc) is 3.81. The van der Waals surface area contributed by atoms with Crippen molar-refractivity contribution < 1.29 is 0 Å². The Bertz CT molecular complexity index is 3130. The fraction of sp³-hybridized carbons (Fsp3) is 0. The summed E-state index contributed by atoms with van der Waals surface area (Å²) in [7, 11) is 0. The predicted octanol–water partition coefficient (Wildman–Crippen LogP) is 12.6. The lowest BCUT2D eigenvalue weighted by atomic mass is 9.98. The predicted molar refractivity (Wildman–Crippen MR) is 224 cm³/mol. The van der Waals surface area contributed by atoms with Gasteiger partial charge in [0.25, 0.3) is 0 Å². The molecule has 0 fully saturated rings. The Morgan fingerprint density at radius 3 is 1.87 bits per heavy atom. The Labute approximate surface area is 314 Å². The van der Waals surface area contributed by atoms with Crippen molar-refractivity contribution in [2.45, 2.75) is 0 Å². The molecule has 0 unspecified atom stereocenters. The van der Waals surface area contributed by atoms with Gasteiger partial charge in [0.2, 0.25) is 0 Å². The first-order valence-electron chi connectivity index (χ1n) is 18.0. The van der Waals surface area contributed by atoms with Crippen LogP contribution in [0.4, 0.5) is 0 Å². The molecule has 4 aromatic heterocycles. The summed E-state index contributed by atoms with van der Waals surface area (Å²) in [5.74, 6) is 1.43. The smallest absolute Gasteiger partial charge is 0.160 e. The Balaban J connectivity index is 1.16. The minimum atomic E-state index is 0.705. The Hall–Kier alpha value is -7.02. The quantitative estimate of drug-likeness (QED) is 0.179. The Morgan fingerprint density at radius 1 is 0.463 bits per heavy atom. The largest absolute Gasteiger partial charge is 0.308 e. The summed E-state index contributed by atoms with van der Waals surface area (Å²) in [6, 6.07) is 57.5. The highest BCUT2D eigenvalue weighted by Gasteiger charge is 2.23. The summed E-state index contributed by atoms with van der Waals surface area (Å²) in [6.07, 6.45) is 3.66. The number of nitrogens with zero attached hydrogens (tertiary/aromatic N) is 5. The SMILES string of the molecule is c1ccc(-c2cc(-c3ccc(-n4c5ccccc5c5cc(-c6ncccn6)c6c(sc7ccc8ccccc8c76)c54)cc3)nc(-c3ccccc3)n2)cc1. The van der Waals surface area contributed by atoms with Crippen LogP contribution >= 0.6 is 11.3 Å². The molecule has 5 nitrogen and oxygen atoms in total. The van der Waals surface area contributed by atoms with E-state index in [-0.39, 0.29) is 0 Å². The van der Waals surface area contributed by atoms with E-state index in [9.17, 15) is 0 Å². The maximum Gasteiger partial charge on any atom is 0.160 e. The van der Waals surface area contributed by atoms with Gasteiger partial charge in [0.05, 0.1) is 27.1 Å². The lowest BCUT2D eigenvalue weighted by Gasteiger charge is -2.12. The summed E-state index contributed by atoms with van der Waals surface area (Å²) in [5.41, 5.74) is 9.30. The highest BCUT2D eigenvalue weighted by molar-refractivity contribution is 7.27. The van der Waals surface area contributed by atoms with Crippen LogP contribution in [0.15, 0.2) is 176 Å². The van der Waals surface area contributed by atoms with Crippen molar-refractivity contribution in [2.75, 3.05) is 0 Å². The Morgan fingerprint density at radius 2 is 1.11 bits per heavy atom.